The molecule has 2 aromatic carbocycles. The van der Waals surface area contributed by atoms with Gasteiger partial charge < -0.3 is 15.4 Å². The van der Waals surface area contributed by atoms with E-state index in [2.05, 4.69) is 4.98 Å². The number of hydrogen-bond donors (Lipinski definition) is 1. The molecule has 0 bridgehead atoms. The Bertz CT molecular complexity index is 1030. The number of nitrogens with zero attached hydrogens (tertiary/aromatic N) is 2. The first kappa shape index (κ1) is 18.6. The van der Waals surface area contributed by atoms with Crippen LogP contribution < -0.4 is 15.4 Å². The molecule has 0 saturated carbocycles. The first-order valence-corrected chi connectivity index (χ1v) is 9.02. The topological polar surface area (TPSA) is 51.4 Å². The molecular formula is C19H13F4N3OS. The third kappa shape index (κ3) is 3.38. The number of thioether (sulfide) groups is 1. The molecule has 3 aromatic rings. The number of para-hydroxylation sites is 1. The number of nitrogens with two attached hydrogens (primary N) is 1. The van der Waals surface area contributed by atoms with Crippen LogP contribution in [0.2, 0.25) is 0 Å². The number of ether oxygens (including phenoxy) is 1. The van der Waals surface area contributed by atoms with Crippen LogP contribution in [0.15, 0.2) is 65.7 Å². The van der Waals surface area contributed by atoms with Gasteiger partial charge in [-0.2, -0.15) is 13.2 Å². The molecule has 0 saturated heterocycles. The van der Waals surface area contributed by atoms with Gasteiger partial charge in [-0.3, -0.25) is 0 Å². The van der Waals surface area contributed by atoms with Crippen LogP contribution in [0.1, 0.15) is 5.56 Å². The molecule has 28 heavy (non-hydrogen) atoms. The summed E-state index contributed by atoms with van der Waals surface area (Å²) in [7, 11) is 0. The van der Waals surface area contributed by atoms with Crippen LogP contribution in [0.3, 0.4) is 0 Å². The van der Waals surface area contributed by atoms with Gasteiger partial charge in [-0.1, -0.05) is 23.9 Å². The molecule has 1 unspecified atom stereocenters. The lowest BCUT2D eigenvalue weighted by Crippen LogP contribution is -2.32. The van der Waals surface area contributed by atoms with E-state index in [-0.39, 0.29) is 11.4 Å². The van der Waals surface area contributed by atoms with E-state index in [4.69, 9.17) is 10.5 Å². The summed E-state index contributed by atoms with van der Waals surface area (Å²) in [5.41, 5.74) is 5.52. The quantitative estimate of drug-likeness (QED) is 0.580. The first-order valence-electron chi connectivity index (χ1n) is 8.15. The molecule has 1 atom stereocenters. The zero-order valence-corrected chi connectivity index (χ0v) is 15.0. The fourth-order valence-corrected chi connectivity index (χ4v) is 3.93. The molecule has 0 amide bonds. The summed E-state index contributed by atoms with van der Waals surface area (Å²) in [6.07, 6.45) is -3.46. The Labute approximate surface area is 161 Å². The minimum Gasteiger partial charge on any atom is -0.438 e. The van der Waals surface area contributed by atoms with E-state index in [1.54, 1.807) is 4.90 Å². The predicted molar refractivity (Wildman–Crippen MR) is 98.1 cm³/mol. The molecule has 144 valence electrons. The zero-order chi connectivity index (χ0) is 19.9. The SMILES string of the molecule is NC1Sc2ccccc2N1c1ccc(Oc2ncccc2C(F)(F)F)cc1F. The van der Waals surface area contributed by atoms with E-state index in [9.17, 15) is 17.6 Å². The summed E-state index contributed by atoms with van der Waals surface area (Å²) in [5, 5.41) is 0. The number of rotatable bonds is 3. The van der Waals surface area contributed by atoms with Crippen molar-refractivity contribution >= 4 is 23.1 Å². The van der Waals surface area contributed by atoms with E-state index in [0.29, 0.717) is 0 Å². The summed E-state index contributed by atoms with van der Waals surface area (Å²) in [5.74, 6) is -1.41. The lowest BCUT2D eigenvalue weighted by molar-refractivity contribution is -0.138. The smallest absolute Gasteiger partial charge is 0.421 e. The van der Waals surface area contributed by atoms with Crippen LogP contribution in [0.4, 0.5) is 28.9 Å². The number of halogens is 4. The minimum absolute atomic E-state index is 0.0980. The van der Waals surface area contributed by atoms with Crippen molar-refractivity contribution < 1.29 is 22.3 Å². The van der Waals surface area contributed by atoms with Gasteiger partial charge in [-0.15, -0.1) is 0 Å². The monoisotopic (exact) mass is 407 g/mol. The normalized spacial score (nSPS) is 16.2. The number of aromatic nitrogens is 1. The molecule has 1 aliphatic rings. The lowest BCUT2D eigenvalue weighted by atomic mass is 10.2. The first-order chi connectivity index (χ1) is 13.3. The van der Waals surface area contributed by atoms with Crippen molar-refractivity contribution in [2.24, 2.45) is 5.73 Å². The maximum Gasteiger partial charge on any atom is 0.421 e. The second kappa shape index (κ2) is 6.99. The van der Waals surface area contributed by atoms with Gasteiger partial charge in [0.25, 0.3) is 0 Å². The van der Waals surface area contributed by atoms with Crippen molar-refractivity contribution in [3.63, 3.8) is 0 Å². The molecule has 2 heterocycles. The van der Waals surface area contributed by atoms with Gasteiger partial charge in [0, 0.05) is 17.2 Å². The molecule has 1 aromatic heterocycles. The Kier molecular flexibility index (Phi) is 4.64. The molecule has 4 rings (SSSR count). The Morgan fingerprint density at radius 2 is 1.82 bits per heavy atom. The standard InChI is InChI=1S/C19H13F4N3OS/c20-13-10-11(27-17-12(19(21,22)23)4-3-9-25-17)7-8-14(13)26-15-5-1-2-6-16(15)28-18(26)24/h1-10,18H,24H2. The van der Waals surface area contributed by atoms with E-state index < -0.39 is 28.9 Å². The highest BCUT2D eigenvalue weighted by molar-refractivity contribution is 8.00. The maximum atomic E-state index is 14.8. The summed E-state index contributed by atoms with van der Waals surface area (Å²) in [4.78, 5) is 6.15. The van der Waals surface area contributed by atoms with Crippen LogP contribution in [-0.4, -0.2) is 10.5 Å². The second-order valence-corrected chi connectivity index (χ2v) is 7.07. The number of anilines is 2. The van der Waals surface area contributed by atoms with Gasteiger partial charge in [0.15, 0.2) is 5.82 Å². The maximum absolute atomic E-state index is 14.8. The van der Waals surface area contributed by atoms with Gasteiger partial charge in [-0.25, -0.2) is 9.37 Å². The highest BCUT2D eigenvalue weighted by Crippen LogP contribution is 2.46. The van der Waals surface area contributed by atoms with Crippen molar-refractivity contribution in [1.29, 1.82) is 0 Å². The zero-order valence-electron chi connectivity index (χ0n) is 14.2. The van der Waals surface area contributed by atoms with E-state index in [1.165, 1.54) is 30.1 Å². The summed E-state index contributed by atoms with van der Waals surface area (Å²) in [6.45, 7) is 0. The third-order valence-electron chi connectivity index (χ3n) is 4.10. The molecule has 4 nitrogen and oxygen atoms in total. The van der Waals surface area contributed by atoms with Gasteiger partial charge in [0.05, 0.1) is 11.4 Å². The molecule has 9 heteroatoms. The van der Waals surface area contributed by atoms with E-state index >= 15 is 0 Å². The minimum atomic E-state index is -4.63. The number of fused-ring (bicyclic) bond motifs is 1. The molecule has 2 N–H and O–H groups in total. The van der Waals surface area contributed by atoms with E-state index in [0.717, 1.165) is 28.8 Å². The van der Waals surface area contributed by atoms with Crippen molar-refractivity contribution in [1.82, 2.24) is 4.98 Å². The Morgan fingerprint density at radius 3 is 2.57 bits per heavy atom. The molecule has 0 aliphatic carbocycles. The number of alkyl halides is 3. The molecular weight excluding hydrogens is 394 g/mol. The number of benzene rings is 2. The average molecular weight is 407 g/mol. The molecule has 0 fully saturated rings. The van der Waals surface area contributed by atoms with Crippen molar-refractivity contribution in [3.05, 3.63) is 72.2 Å². The Hall–Kier alpha value is -2.78. The second-order valence-electron chi connectivity index (χ2n) is 5.92. The molecule has 1 aliphatic heterocycles. The third-order valence-corrected chi connectivity index (χ3v) is 5.15. The Morgan fingerprint density at radius 1 is 1.04 bits per heavy atom. The fourth-order valence-electron chi connectivity index (χ4n) is 2.89. The van der Waals surface area contributed by atoms with Crippen LogP contribution in [0.5, 0.6) is 11.6 Å². The van der Waals surface area contributed by atoms with Crippen molar-refractivity contribution in [2.45, 2.75) is 16.6 Å². The predicted octanol–water partition coefficient (Wildman–Crippen LogP) is 5.52. The summed E-state index contributed by atoms with van der Waals surface area (Å²) >= 11 is 1.38. The average Bonchev–Trinajstić information content (AvgIpc) is 2.97. The largest absolute Gasteiger partial charge is 0.438 e. The van der Waals surface area contributed by atoms with E-state index in [1.807, 2.05) is 24.3 Å². The number of hydrogen-bond acceptors (Lipinski definition) is 5. The fraction of sp³-hybridized carbons (Fsp3) is 0.105. The summed E-state index contributed by atoms with van der Waals surface area (Å²) < 4.78 is 59.2. The van der Waals surface area contributed by atoms with Gasteiger partial charge >= 0.3 is 6.18 Å². The van der Waals surface area contributed by atoms with Gasteiger partial charge in [-0.05, 0) is 36.4 Å². The molecule has 0 spiro atoms. The van der Waals surface area contributed by atoms with Crippen LogP contribution in [0.25, 0.3) is 0 Å². The highest BCUT2D eigenvalue weighted by Gasteiger charge is 2.35. The molecule has 0 radical (unpaired) electrons. The Balaban J connectivity index is 1.65. The van der Waals surface area contributed by atoms with Gasteiger partial charge in [0.1, 0.15) is 16.8 Å². The number of pyridine rings is 1. The highest BCUT2D eigenvalue weighted by atomic mass is 32.2. The van der Waals surface area contributed by atoms with Crippen molar-refractivity contribution in [2.75, 3.05) is 4.90 Å². The summed E-state index contributed by atoms with van der Waals surface area (Å²) in [6, 6.07) is 13.2. The van der Waals surface area contributed by atoms with Crippen LogP contribution in [-0.2, 0) is 6.18 Å². The lowest BCUT2D eigenvalue weighted by Gasteiger charge is -2.24. The van der Waals surface area contributed by atoms with Crippen LogP contribution >= 0.6 is 11.8 Å². The van der Waals surface area contributed by atoms with Crippen LogP contribution in [0, 0.1) is 5.82 Å². The van der Waals surface area contributed by atoms with Gasteiger partial charge in [0.2, 0.25) is 5.88 Å². The van der Waals surface area contributed by atoms with Crippen molar-refractivity contribution in [3.8, 4) is 11.6 Å².